The second-order valence-electron chi connectivity index (χ2n) is 3.32. The monoisotopic (exact) mass is 197 g/mol. The van der Waals surface area contributed by atoms with E-state index in [0.29, 0.717) is 4.90 Å². The molecule has 1 aromatic carbocycles. The third-order valence-electron chi connectivity index (χ3n) is 2.45. The highest BCUT2D eigenvalue weighted by molar-refractivity contribution is 7.79. The van der Waals surface area contributed by atoms with Gasteiger partial charge in [0.2, 0.25) is 0 Å². The third kappa shape index (κ3) is 1.81. The summed E-state index contributed by atoms with van der Waals surface area (Å²) in [7, 11) is 0. The maximum atomic E-state index is 10.9. The van der Waals surface area contributed by atoms with Crippen LogP contribution in [0.25, 0.3) is 0 Å². The summed E-state index contributed by atoms with van der Waals surface area (Å²) in [6.07, 6.45) is 0. The van der Waals surface area contributed by atoms with E-state index in [4.69, 9.17) is 0 Å². The summed E-state index contributed by atoms with van der Waals surface area (Å²) in [4.78, 5) is 0.447. The Bertz CT molecular complexity index is 370. The van der Waals surface area contributed by atoms with E-state index < -0.39 is 11.1 Å². The lowest BCUT2D eigenvalue weighted by Gasteiger charge is -2.16. The first-order valence-electron chi connectivity index (χ1n) is 4.11. The van der Waals surface area contributed by atoms with E-state index in [2.05, 4.69) is 0 Å². The molecule has 0 saturated carbocycles. The third-order valence-corrected chi connectivity index (χ3v) is 3.41. The lowest BCUT2D eigenvalue weighted by Crippen LogP contribution is -2.00. The molecule has 0 aromatic heterocycles. The Kier molecular flexibility index (Phi) is 2.88. The number of rotatable bonds is 1. The zero-order valence-corrected chi connectivity index (χ0v) is 9.12. The fourth-order valence-corrected chi connectivity index (χ4v) is 2.24. The van der Waals surface area contributed by atoms with Gasteiger partial charge in [-0.05, 0) is 61.0 Å². The maximum absolute atomic E-state index is 10.9. The van der Waals surface area contributed by atoms with Gasteiger partial charge in [0.15, 0.2) is 0 Å². The Hall–Kier alpha value is -0.670. The minimum Gasteiger partial charge on any atom is -0.768 e. The maximum Gasteiger partial charge on any atom is 0.0310 e. The highest BCUT2D eigenvalue weighted by Crippen LogP contribution is 2.23. The Labute approximate surface area is 81.3 Å². The van der Waals surface area contributed by atoms with Crippen LogP contribution in [0.2, 0.25) is 0 Å². The lowest BCUT2D eigenvalue weighted by atomic mass is 10.0. The summed E-state index contributed by atoms with van der Waals surface area (Å²) in [5.41, 5.74) is 3.90. The van der Waals surface area contributed by atoms with Crippen molar-refractivity contribution in [3.63, 3.8) is 0 Å². The predicted octanol–water partition coefficient (Wildman–Crippen LogP) is 2.16. The summed E-state index contributed by atoms with van der Waals surface area (Å²) in [6.45, 7) is 7.61. The SMILES string of the molecule is Cc1cc(C)c(S(=O)[O-])c(C)c1C. The van der Waals surface area contributed by atoms with Crippen LogP contribution in [-0.2, 0) is 11.1 Å². The Morgan fingerprint density at radius 2 is 1.62 bits per heavy atom. The standard InChI is InChI=1S/C10H14O2S/c1-6-5-7(2)10(13(11)12)9(4)8(6)3/h5H,1-4H3,(H,11,12)/p-1. The number of aryl methyl sites for hydroxylation is 2. The smallest absolute Gasteiger partial charge is 0.0310 e. The van der Waals surface area contributed by atoms with Crippen molar-refractivity contribution in [3.8, 4) is 0 Å². The van der Waals surface area contributed by atoms with Crippen LogP contribution in [-0.4, -0.2) is 8.76 Å². The first-order chi connectivity index (χ1) is 5.95. The molecule has 2 nitrogen and oxygen atoms in total. The van der Waals surface area contributed by atoms with Crippen molar-refractivity contribution in [2.75, 3.05) is 0 Å². The first-order valence-corrected chi connectivity index (χ1v) is 5.19. The molecule has 0 fully saturated rings. The Morgan fingerprint density at radius 1 is 1.08 bits per heavy atom. The van der Waals surface area contributed by atoms with Crippen molar-refractivity contribution in [1.29, 1.82) is 0 Å². The van der Waals surface area contributed by atoms with Gasteiger partial charge in [0.25, 0.3) is 0 Å². The van der Waals surface area contributed by atoms with Gasteiger partial charge in [-0.2, -0.15) is 0 Å². The van der Waals surface area contributed by atoms with Crippen molar-refractivity contribution in [2.24, 2.45) is 0 Å². The second-order valence-corrected chi connectivity index (χ2v) is 4.20. The van der Waals surface area contributed by atoms with E-state index in [9.17, 15) is 8.76 Å². The predicted molar refractivity (Wildman–Crippen MR) is 52.6 cm³/mol. The minimum atomic E-state index is -2.12. The van der Waals surface area contributed by atoms with Crippen molar-refractivity contribution >= 4 is 11.1 Å². The van der Waals surface area contributed by atoms with Gasteiger partial charge in [-0.1, -0.05) is 6.07 Å². The molecule has 1 atom stereocenters. The van der Waals surface area contributed by atoms with Crippen molar-refractivity contribution in [2.45, 2.75) is 32.6 Å². The zero-order chi connectivity index (χ0) is 10.2. The lowest BCUT2D eigenvalue weighted by molar-refractivity contribution is 0.535. The van der Waals surface area contributed by atoms with Crippen LogP contribution in [0.1, 0.15) is 22.3 Å². The van der Waals surface area contributed by atoms with Gasteiger partial charge in [0.1, 0.15) is 0 Å². The fraction of sp³-hybridized carbons (Fsp3) is 0.400. The van der Waals surface area contributed by atoms with Crippen LogP contribution >= 0.6 is 0 Å². The van der Waals surface area contributed by atoms with E-state index in [1.165, 1.54) is 0 Å². The number of benzene rings is 1. The average molecular weight is 197 g/mol. The molecule has 0 aliphatic heterocycles. The van der Waals surface area contributed by atoms with Gasteiger partial charge in [0, 0.05) is 4.90 Å². The highest BCUT2D eigenvalue weighted by atomic mass is 32.2. The van der Waals surface area contributed by atoms with Crippen molar-refractivity contribution < 1.29 is 8.76 Å². The molecule has 72 valence electrons. The molecule has 1 rings (SSSR count). The first kappa shape index (κ1) is 10.4. The molecule has 13 heavy (non-hydrogen) atoms. The molecule has 1 aromatic rings. The quantitative estimate of drug-likeness (QED) is 0.647. The summed E-state index contributed by atoms with van der Waals surface area (Å²) in [6, 6.07) is 1.91. The molecule has 0 heterocycles. The van der Waals surface area contributed by atoms with Crippen LogP contribution < -0.4 is 0 Å². The summed E-state index contributed by atoms with van der Waals surface area (Å²) in [5.74, 6) is 0. The van der Waals surface area contributed by atoms with Gasteiger partial charge >= 0.3 is 0 Å². The number of hydrogen-bond acceptors (Lipinski definition) is 2. The molecule has 0 amide bonds. The molecular weight excluding hydrogens is 184 g/mol. The van der Waals surface area contributed by atoms with Gasteiger partial charge in [0.05, 0.1) is 0 Å². The zero-order valence-electron chi connectivity index (χ0n) is 8.30. The average Bonchev–Trinajstić information content (AvgIpc) is 1.99. The highest BCUT2D eigenvalue weighted by Gasteiger charge is 2.07. The molecule has 0 aliphatic rings. The normalized spacial score (nSPS) is 13.0. The molecule has 0 radical (unpaired) electrons. The fourth-order valence-electron chi connectivity index (χ4n) is 1.52. The summed E-state index contributed by atoms with van der Waals surface area (Å²) < 4.78 is 21.8. The van der Waals surface area contributed by atoms with Crippen LogP contribution in [0.5, 0.6) is 0 Å². The second kappa shape index (κ2) is 3.60. The van der Waals surface area contributed by atoms with E-state index >= 15 is 0 Å². The van der Waals surface area contributed by atoms with Crippen LogP contribution in [0.3, 0.4) is 0 Å². The molecule has 0 bridgehead atoms. The Morgan fingerprint density at radius 3 is 2.08 bits per heavy atom. The van der Waals surface area contributed by atoms with Gasteiger partial charge in [-0.25, -0.2) is 0 Å². The molecule has 3 heteroatoms. The Balaban J connectivity index is 3.53. The molecule has 1 unspecified atom stereocenters. The van der Waals surface area contributed by atoms with Gasteiger partial charge in [-0.15, -0.1) is 0 Å². The van der Waals surface area contributed by atoms with Crippen molar-refractivity contribution in [3.05, 3.63) is 28.3 Å². The summed E-state index contributed by atoms with van der Waals surface area (Å²) >= 11 is -2.12. The molecule has 0 saturated heterocycles. The van der Waals surface area contributed by atoms with Gasteiger partial charge in [-0.3, -0.25) is 4.21 Å². The molecule has 0 aliphatic carbocycles. The molecule has 0 N–H and O–H groups in total. The van der Waals surface area contributed by atoms with E-state index in [-0.39, 0.29) is 0 Å². The van der Waals surface area contributed by atoms with Crippen LogP contribution in [0, 0.1) is 27.7 Å². The van der Waals surface area contributed by atoms with Gasteiger partial charge < -0.3 is 4.55 Å². The largest absolute Gasteiger partial charge is 0.768 e. The van der Waals surface area contributed by atoms with E-state index in [0.717, 1.165) is 22.3 Å². The molecule has 0 spiro atoms. The van der Waals surface area contributed by atoms with Crippen LogP contribution in [0.15, 0.2) is 11.0 Å². The summed E-state index contributed by atoms with van der Waals surface area (Å²) in [5, 5.41) is 0. The minimum absolute atomic E-state index is 0.447. The van der Waals surface area contributed by atoms with Crippen LogP contribution in [0.4, 0.5) is 0 Å². The van der Waals surface area contributed by atoms with Crippen molar-refractivity contribution in [1.82, 2.24) is 0 Å². The van der Waals surface area contributed by atoms with E-state index in [1.54, 1.807) is 0 Å². The molecular formula is C10H13O2S-. The number of hydrogen-bond donors (Lipinski definition) is 0. The topological polar surface area (TPSA) is 40.1 Å². The van der Waals surface area contributed by atoms with E-state index in [1.807, 2.05) is 33.8 Å².